The van der Waals surface area contributed by atoms with Gasteiger partial charge in [0.2, 0.25) is 0 Å². The molecule has 0 aromatic rings. The fraction of sp³-hybridized carbons (Fsp3) is 0.167. The summed E-state index contributed by atoms with van der Waals surface area (Å²) in [5.74, 6) is 0. The molecule has 0 unspecified atom stereocenters. The molecule has 0 bridgehead atoms. The van der Waals surface area contributed by atoms with Crippen molar-refractivity contribution in [3.8, 4) is 0 Å². The van der Waals surface area contributed by atoms with Crippen molar-refractivity contribution < 1.29 is 4.74 Å². The van der Waals surface area contributed by atoms with Crippen molar-refractivity contribution in [1.82, 2.24) is 0 Å². The van der Waals surface area contributed by atoms with Gasteiger partial charge in [-0.3, -0.25) is 0 Å². The Kier molecular flexibility index (Phi) is 1.85. The Labute approximate surface area is 59.0 Å². The van der Waals surface area contributed by atoms with Gasteiger partial charge in [0.15, 0.2) is 0 Å². The van der Waals surface area contributed by atoms with Gasteiger partial charge in [0.05, 0.1) is 6.26 Å². The molecule has 0 aromatic carbocycles. The minimum absolute atomic E-state index is 0.416. The van der Waals surface area contributed by atoms with Crippen molar-refractivity contribution in [2.75, 3.05) is 6.61 Å². The van der Waals surface area contributed by atoms with Gasteiger partial charge >= 0.3 is 0 Å². The Morgan fingerprint density at radius 3 is 2.89 bits per heavy atom. The Morgan fingerprint density at radius 2 is 2.56 bits per heavy atom. The monoisotopic (exact) mass is 141 g/mol. The summed E-state index contributed by atoms with van der Waals surface area (Å²) in [6.45, 7) is 0.506. The van der Waals surface area contributed by atoms with E-state index in [2.05, 4.69) is 0 Å². The van der Waals surface area contributed by atoms with E-state index in [9.17, 15) is 0 Å². The highest BCUT2D eigenvalue weighted by molar-refractivity contribution is 7.80. The Bertz CT molecular complexity index is 183. The number of rotatable bonds is 1. The summed E-state index contributed by atoms with van der Waals surface area (Å²) >= 11 is 4.71. The zero-order chi connectivity index (χ0) is 6.69. The first kappa shape index (κ1) is 6.29. The maximum absolute atomic E-state index is 5.32. The van der Waals surface area contributed by atoms with Crippen LogP contribution in [0.2, 0.25) is 0 Å². The van der Waals surface area contributed by atoms with Crippen LogP contribution in [-0.2, 0) is 4.74 Å². The Hall–Kier alpha value is -0.830. The number of thiocarbonyl (C=S) groups is 1. The molecule has 0 amide bonds. The van der Waals surface area contributed by atoms with Crippen LogP contribution in [0, 0.1) is 0 Å². The van der Waals surface area contributed by atoms with Crippen molar-refractivity contribution in [3.63, 3.8) is 0 Å². The molecule has 0 fully saturated rings. The lowest BCUT2D eigenvalue weighted by Gasteiger charge is -2.06. The van der Waals surface area contributed by atoms with Crippen molar-refractivity contribution >= 4 is 17.2 Å². The van der Waals surface area contributed by atoms with E-state index in [4.69, 9.17) is 22.7 Å². The fourth-order valence-corrected chi connectivity index (χ4v) is 0.677. The molecule has 0 aliphatic carbocycles. The van der Waals surface area contributed by atoms with Crippen molar-refractivity contribution in [2.45, 2.75) is 0 Å². The van der Waals surface area contributed by atoms with Gasteiger partial charge in [0, 0.05) is 5.57 Å². The molecular formula is C6H7NOS. The van der Waals surface area contributed by atoms with Crippen LogP contribution in [0.4, 0.5) is 0 Å². The van der Waals surface area contributed by atoms with Gasteiger partial charge in [-0.1, -0.05) is 12.2 Å². The quantitative estimate of drug-likeness (QED) is 0.547. The van der Waals surface area contributed by atoms with Gasteiger partial charge in [-0.2, -0.15) is 0 Å². The van der Waals surface area contributed by atoms with Crippen LogP contribution in [0.15, 0.2) is 24.0 Å². The standard InChI is InChI=1S/C6H7NOS/c7-6(9)5-2-1-3-8-4-5/h1-3H,4H2,(H2,7,9). The molecule has 0 saturated heterocycles. The predicted octanol–water partition coefficient (Wildman–Crippen LogP) is 0.743. The maximum atomic E-state index is 5.32. The number of ether oxygens (including phenoxy) is 1. The molecule has 0 saturated carbocycles. The molecule has 0 spiro atoms. The summed E-state index contributed by atoms with van der Waals surface area (Å²) in [6, 6.07) is 0. The van der Waals surface area contributed by atoms with Crippen LogP contribution in [0.3, 0.4) is 0 Å². The molecule has 2 nitrogen and oxygen atoms in total. The van der Waals surface area contributed by atoms with Gasteiger partial charge in [-0.05, 0) is 12.2 Å². The van der Waals surface area contributed by atoms with Gasteiger partial charge < -0.3 is 10.5 Å². The summed E-state index contributed by atoms with van der Waals surface area (Å²) in [6.07, 6.45) is 5.24. The highest BCUT2D eigenvalue weighted by Crippen LogP contribution is 2.02. The second-order valence-corrected chi connectivity index (χ2v) is 2.14. The molecule has 2 N–H and O–H groups in total. The van der Waals surface area contributed by atoms with E-state index < -0.39 is 0 Å². The second-order valence-electron chi connectivity index (χ2n) is 1.70. The third-order valence-corrected chi connectivity index (χ3v) is 1.29. The molecule has 1 rings (SSSR count). The maximum Gasteiger partial charge on any atom is 0.115 e. The van der Waals surface area contributed by atoms with E-state index in [1.54, 1.807) is 12.3 Å². The Balaban J connectivity index is 2.68. The van der Waals surface area contributed by atoms with Gasteiger partial charge in [-0.15, -0.1) is 0 Å². The van der Waals surface area contributed by atoms with Gasteiger partial charge in [-0.25, -0.2) is 0 Å². The molecule has 9 heavy (non-hydrogen) atoms. The number of hydrogen-bond donors (Lipinski definition) is 1. The van der Waals surface area contributed by atoms with E-state index in [0.717, 1.165) is 5.57 Å². The average Bonchev–Trinajstić information content (AvgIpc) is 1.90. The zero-order valence-corrected chi connectivity index (χ0v) is 5.65. The van der Waals surface area contributed by atoms with Crippen LogP contribution in [0.1, 0.15) is 0 Å². The highest BCUT2D eigenvalue weighted by Gasteiger charge is 2.00. The lowest BCUT2D eigenvalue weighted by atomic mass is 10.2. The second kappa shape index (κ2) is 2.64. The minimum atomic E-state index is 0.416. The topological polar surface area (TPSA) is 35.2 Å². The fourth-order valence-electron chi connectivity index (χ4n) is 0.550. The number of nitrogens with two attached hydrogens (primary N) is 1. The summed E-state index contributed by atoms with van der Waals surface area (Å²) in [7, 11) is 0. The van der Waals surface area contributed by atoms with Crippen LogP contribution in [-0.4, -0.2) is 11.6 Å². The normalized spacial score (nSPS) is 16.2. The van der Waals surface area contributed by atoms with E-state index in [1.807, 2.05) is 6.08 Å². The molecule has 1 heterocycles. The number of allylic oxidation sites excluding steroid dienone is 2. The van der Waals surface area contributed by atoms with Crippen molar-refractivity contribution in [3.05, 3.63) is 24.0 Å². The predicted molar refractivity (Wildman–Crippen MR) is 40.0 cm³/mol. The van der Waals surface area contributed by atoms with Gasteiger partial charge in [0.25, 0.3) is 0 Å². The minimum Gasteiger partial charge on any atom is -0.496 e. The number of hydrogen-bond acceptors (Lipinski definition) is 2. The molecule has 0 aromatic heterocycles. The molecule has 3 heteroatoms. The highest BCUT2D eigenvalue weighted by atomic mass is 32.1. The smallest absolute Gasteiger partial charge is 0.115 e. The molecule has 1 aliphatic heterocycles. The van der Waals surface area contributed by atoms with E-state index in [1.165, 1.54) is 0 Å². The zero-order valence-electron chi connectivity index (χ0n) is 4.83. The van der Waals surface area contributed by atoms with Crippen LogP contribution < -0.4 is 5.73 Å². The lowest BCUT2D eigenvalue weighted by molar-refractivity contribution is 0.281. The molecule has 1 aliphatic rings. The lowest BCUT2D eigenvalue weighted by Crippen LogP contribution is -2.15. The Morgan fingerprint density at radius 1 is 1.78 bits per heavy atom. The first-order valence-electron chi connectivity index (χ1n) is 2.58. The summed E-state index contributed by atoms with van der Waals surface area (Å²) in [5, 5.41) is 0. The first-order valence-corrected chi connectivity index (χ1v) is 2.98. The molecular weight excluding hydrogens is 134 g/mol. The van der Waals surface area contributed by atoms with Gasteiger partial charge in [0.1, 0.15) is 11.6 Å². The third-order valence-electron chi connectivity index (χ3n) is 1.03. The summed E-state index contributed by atoms with van der Waals surface area (Å²) in [5.41, 5.74) is 6.20. The summed E-state index contributed by atoms with van der Waals surface area (Å²) in [4.78, 5) is 0.416. The van der Waals surface area contributed by atoms with Crippen molar-refractivity contribution in [2.24, 2.45) is 5.73 Å². The largest absolute Gasteiger partial charge is 0.496 e. The van der Waals surface area contributed by atoms with E-state index in [-0.39, 0.29) is 0 Å². The third kappa shape index (κ3) is 1.54. The average molecular weight is 141 g/mol. The SMILES string of the molecule is NC(=S)C1=CC=COC1. The van der Waals surface area contributed by atoms with Crippen LogP contribution in [0.25, 0.3) is 0 Å². The molecule has 48 valence electrons. The van der Waals surface area contributed by atoms with E-state index >= 15 is 0 Å². The van der Waals surface area contributed by atoms with Crippen LogP contribution in [0.5, 0.6) is 0 Å². The summed E-state index contributed by atoms with van der Waals surface area (Å²) < 4.78 is 4.93. The molecule has 0 atom stereocenters. The van der Waals surface area contributed by atoms with Crippen LogP contribution >= 0.6 is 12.2 Å². The first-order chi connectivity index (χ1) is 4.30. The van der Waals surface area contributed by atoms with Crippen molar-refractivity contribution in [1.29, 1.82) is 0 Å². The van der Waals surface area contributed by atoms with E-state index in [0.29, 0.717) is 11.6 Å². The molecule has 0 radical (unpaired) electrons.